The van der Waals surface area contributed by atoms with E-state index in [1.54, 1.807) is 6.07 Å². The molecule has 0 spiro atoms. The molecule has 8 nitrogen and oxygen atoms in total. The van der Waals surface area contributed by atoms with E-state index < -0.39 is 17.4 Å². The Morgan fingerprint density at radius 1 is 1.43 bits per heavy atom. The number of anilines is 1. The predicted molar refractivity (Wildman–Crippen MR) is 119 cm³/mol. The normalized spacial score (nSPS) is 18.4. The van der Waals surface area contributed by atoms with E-state index in [0.717, 1.165) is 5.56 Å². The van der Waals surface area contributed by atoms with Gasteiger partial charge in [0, 0.05) is 25.0 Å². The number of amidine groups is 1. The molecule has 1 aliphatic heterocycles. The van der Waals surface area contributed by atoms with E-state index >= 15 is 0 Å². The van der Waals surface area contributed by atoms with Crippen molar-refractivity contribution in [1.82, 2.24) is 4.90 Å². The molecular weight excluding hydrogens is 384 g/mol. The van der Waals surface area contributed by atoms with Crippen molar-refractivity contribution >= 4 is 23.3 Å². The number of aliphatic hydroxyl groups is 1. The molecule has 0 bridgehead atoms. The Hall–Kier alpha value is -2.71. The summed E-state index contributed by atoms with van der Waals surface area (Å²) in [6.07, 6.45) is 1.91. The lowest BCUT2D eigenvalue weighted by atomic mass is 9.93. The van der Waals surface area contributed by atoms with Crippen molar-refractivity contribution in [3.63, 3.8) is 0 Å². The first-order valence-corrected chi connectivity index (χ1v) is 9.91. The van der Waals surface area contributed by atoms with Gasteiger partial charge in [0.1, 0.15) is 17.6 Å². The van der Waals surface area contributed by atoms with Gasteiger partial charge in [-0.05, 0) is 38.2 Å². The minimum atomic E-state index is -0.723. The maximum absolute atomic E-state index is 12.7. The van der Waals surface area contributed by atoms with Crippen LogP contribution in [-0.2, 0) is 20.9 Å². The van der Waals surface area contributed by atoms with E-state index in [2.05, 4.69) is 4.99 Å². The number of amides is 2. The quantitative estimate of drug-likeness (QED) is 0.305. The first-order valence-electron chi connectivity index (χ1n) is 9.91. The van der Waals surface area contributed by atoms with Crippen molar-refractivity contribution in [2.45, 2.75) is 46.3 Å². The van der Waals surface area contributed by atoms with E-state index in [1.165, 1.54) is 11.0 Å². The number of benzene rings is 1. The number of carbonyl (C=O) groups excluding carboxylic acids is 2. The molecule has 1 aliphatic rings. The van der Waals surface area contributed by atoms with Gasteiger partial charge < -0.3 is 15.6 Å². The summed E-state index contributed by atoms with van der Waals surface area (Å²) in [6, 6.07) is 6.65. The molecule has 30 heavy (non-hydrogen) atoms. The maximum atomic E-state index is 12.7. The first-order chi connectivity index (χ1) is 14.0. The number of nitrogens with zero attached hydrogens (tertiary/aromatic N) is 3. The number of carbonyl (C=O) groups is 2. The zero-order chi connectivity index (χ0) is 22.5. The van der Waals surface area contributed by atoms with Crippen LogP contribution in [0.3, 0.4) is 0 Å². The van der Waals surface area contributed by atoms with E-state index in [9.17, 15) is 14.7 Å². The molecule has 1 saturated heterocycles. The van der Waals surface area contributed by atoms with Crippen LogP contribution in [0.15, 0.2) is 41.1 Å². The lowest BCUT2D eigenvalue weighted by Crippen LogP contribution is -2.38. The van der Waals surface area contributed by atoms with Gasteiger partial charge in [0.25, 0.3) is 5.91 Å². The Bertz CT molecular complexity index is 846. The fourth-order valence-corrected chi connectivity index (χ4v) is 2.97. The summed E-state index contributed by atoms with van der Waals surface area (Å²) in [6.45, 7) is 6.34. The van der Waals surface area contributed by atoms with Gasteiger partial charge in [0.15, 0.2) is 0 Å². The summed E-state index contributed by atoms with van der Waals surface area (Å²) in [5.41, 5.74) is 6.86. The molecule has 2 amide bonds. The predicted octanol–water partition coefficient (Wildman–Crippen LogP) is 2.84. The van der Waals surface area contributed by atoms with Crippen molar-refractivity contribution < 1.29 is 20.9 Å². The monoisotopic (exact) mass is 418 g/mol. The van der Waals surface area contributed by atoms with Crippen molar-refractivity contribution in [3.05, 3.63) is 41.7 Å². The Morgan fingerprint density at radius 3 is 2.77 bits per heavy atom. The van der Waals surface area contributed by atoms with Crippen LogP contribution in [0.4, 0.5) is 5.69 Å². The molecule has 0 radical (unpaired) electrons. The topological polar surface area (TPSA) is 108 Å². The number of hydrogen-bond donors (Lipinski definition) is 2. The van der Waals surface area contributed by atoms with E-state index in [4.69, 9.17) is 10.5 Å². The largest absolute Gasteiger partial charge is 0.512 e. The second kappa shape index (κ2) is 9.86. The van der Waals surface area contributed by atoms with Gasteiger partial charge in [-0.3, -0.25) is 19.4 Å². The molecule has 166 valence electrons. The molecule has 0 aliphatic carbocycles. The summed E-state index contributed by atoms with van der Waals surface area (Å²) in [4.78, 5) is 32.5. The molecular formula is C22H34N4O4. The molecule has 0 saturated carbocycles. The highest BCUT2D eigenvalue weighted by Gasteiger charge is 2.37. The summed E-state index contributed by atoms with van der Waals surface area (Å²) < 4.78 is 5.60. The van der Waals surface area contributed by atoms with Crippen molar-refractivity contribution in [2.24, 2.45) is 16.1 Å². The molecule has 1 fully saturated rings. The Labute approximate surface area is 179 Å². The molecule has 1 aromatic carbocycles. The van der Waals surface area contributed by atoms with Crippen LogP contribution in [0.25, 0.3) is 0 Å². The van der Waals surface area contributed by atoms with Gasteiger partial charge in [-0.2, -0.15) is 4.99 Å². The number of aliphatic imine (C=N–C) groups is 1. The Morgan fingerprint density at radius 2 is 2.13 bits per heavy atom. The van der Waals surface area contributed by atoms with Gasteiger partial charge in [-0.15, -0.1) is 0 Å². The first kappa shape index (κ1) is 23.6. The number of rotatable bonds is 7. The Balaban J connectivity index is 0.00000480. The average Bonchev–Trinajstić information content (AvgIpc) is 3.02. The molecule has 1 heterocycles. The summed E-state index contributed by atoms with van der Waals surface area (Å²) in [5, 5.41) is 10.1. The van der Waals surface area contributed by atoms with E-state index in [-0.39, 0.29) is 25.3 Å². The molecule has 0 aromatic heterocycles. The van der Waals surface area contributed by atoms with Crippen LogP contribution in [0.5, 0.6) is 0 Å². The van der Waals surface area contributed by atoms with Crippen molar-refractivity contribution in [3.8, 4) is 0 Å². The van der Waals surface area contributed by atoms with Crippen molar-refractivity contribution in [1.29, 1.82) is 0 Å². The second-order valence-corrected chi connectivity index (χ2v) is 8.70. The molecule has 0 unspecified atom stereocenters. The number of allylic oxidation sites excluding steroid dienone is 1. The molecule has 1 aromatic rings. The third kappa shape index (κ3) is 6.40. The van der Waals surface area contributed by atoms with Crippen LogP contribution in [0.2, 0.25) is 0 Å². The molecule has 1 atom stereocenters. The third-order valence-corrected chi connectivity index (χ3v) is 4.60. The summed E-state index contributed by atoms with van der Waals surface area (Å²) >= 11 is 0. The number of hydrogen-bond acceptors (Lipinski definition) is 5. The van der Waals surface area contributed by atoms with Gasteiger partial charge >= 0.3 is 0 Å². The number of nitrogens with two attached hydrogens (primary N) is 1. The zero-order valence-electron chi connectivity index (χ0n) is 18.4. The van der Waals surface area contributed by atoms with E-state index in [0.29, 0.717) is 25.4 Å². The fraction of sp³-hybridized carbons (Fsp3) is 0.500. The van der Waals surface area contributed by atoms with Gasteiger partial charge in [-0.25, -0.2) is 0 Å². The highest BCUT2D eigenvalue weighted by atomic mass is 16.5. The van der Waals surface area contributed by atoms with Crippen LogP contribution in [0, 0.1) is 5.41 Å². The fourth-order valence-electron chi connectivity index (χ4n) is 2.97. The highest BCUT2D eigenvalue weighted by molar-refractivity contribution is 6.08. The van der Waals surface area contributed by atoms with Crippen LogP contribution in [-0.4, -0.2) is 54.5 Å². The Kier molecular flexibility index (Phi) is 7.75. The average molecular weight is 419 g/mol. The van der Waals surface area contributed by atoms with Gasteiger partial charge in [0.05, 0.1) is 13.3 Å². The molecule has 2 rings (SSSR count). The zero-order valence-corrected chi connectivity index (χ0v) is 18.4. The number of ether oxygens (including phenoxy) is 1. The van der Waals surface area contributed by atoms with Crippen LogP contribution < -0.4 is 10.6 Å². The maximum Gasteiger partial charge on any atom is 0.270 e. The molecule has 3 N–H and O–H groups in total. The lowest BCUT2D eigenvalue weighted by Gasteiger charge is -2.23. The minimum Gasteiger partial charge on any atom is -0.512 e. The highest BCUT2D eigenvalue weighted by Crippen LogP contribution is 2.28. The van der Waals surface area contributed by atoms with E-state index in [1.807, 2.05) is 58.0 Å². The summed E-state index contributed by atoms with van der Waals surface area (Å²) in [5.74, 6) is -0.703. The van der Waals surface area contributed by atoms with Crippen molar-refractivity contribution in [2.75, 3.05) is 25.7 Å². The van der Waals surface area contributed by atoms with Gasteiger partial charge in [-0.1, -0.05) is 32.9 Å². The van der Waals surface area contributed by atoms with Crippen LogP contribution >= 0.6 is 0 Å². The SMILES string of the molecule is CN(C)COCc1cccc(N2C(=O)CC[C@H]2C(=O)N=C(N)/C=C(\O)C(C)(C)C)c1.[HH]. The van der Waals surface area contributed by atoms with Gasteiger partial charge in [0.2, 0.25) is 5.91 Å². The lowest BCUT2D eigenvalue weighted by molar-refractivity contribution is -0.121. The standard InChI is InChI=1S/C22H32N4O4.H2/c1-22(2,3)18(27)12-19(23)24-21(29)17-9-10-20(28)26(17)16-8-6-7-15(11-16)13-30-14-25(4)5;/h6-8,11-12,17,27H,9-10,13-14H2,1-5H3,(H2,23,24,29);1H/b18-12-;/t17-;/m0./s1. The second-order valence-electron chi connectivity index (χ2n) is 8.70. The third-order valence-electron chi connectivity index (χ3n) is 4.60. The molecule has 8 heteroatoms. The summed E-state index contributed by atoms with van der Waals surface area (Å²) in [7, 11) is 3.83. The smallest absolute Gasteiger partial charge is 0.270 e. The van der Waals surface area contributed by atoms with Crippen LogP contribution in [0.1, 0.15) is 40.6 Å². The number of aliphatic hydroxyl groups excluding tert-OH is 1. The minimum absolute atomic E-state index is 0.